The highest BCUT2D eigenvalue weighted by Gasteiger charge is 2.25. The molecule has 1 amide bonds. The monoisotopic (exact) mass is 457 g/mol. The van der Waals surface area contributed by atoms with E-state index < -0.39 is 0 Å². The third-order valence-electron chi connectivity index (χ3n) is 5.84. The van der Waals surface area contributed by atoms with Gasteiger partial charge >= 0.3 is 0 Å². The molecule has 0 heterocycles. The molecule has 0 aliphatic heterocycles. The fourth-order valence-corrected chi connectivity index (χ4v) is 4.56. The SMILES string of the molecule is C[C@H](CCc1ccccc1)NC(=O)CNC(=S)N(Cc1ccccc1Cl)C1CCCC1. The van der Waals surface area contributed by atoms with E-state index in [-0.39, 0.29) is 18.5 Å². The summed E-state index contributed by atoms with van der Waals surface area (Å²) in [6.45, 7) is 2.88. The Morgan fingerprint density at radius 2 is 1.81 bits per heavy atom. The van der Waals surface area contributed by atoms with Crippen LogP contribution in [0.4, 0.5) is 0 Å². The van der Waals surface area contributed by atoms with Crippen molar-refractivity contribution in [2.45, 2.75) is 64.1 Å². The van der Waals surface area contributed by atoms with E-state index in [1.807, 2.05) is 49.4 Å². The first-order valence-electron chi connectivity index (χ1n) is 11.1. The largest absolute Gasteiger partial charge is 0.353 e. The number of carbonyl (C=O) groups is 1. The molecule has 1 saturated carbocycles. The molecule has 0 saturated heterocycles. The summed E-state index contributed by atoms with van der Waals surface area (Å²) in [5.41, 5.74) is 2.34. The zero-order valence-electron chi connectivity index (χ0n) is 18.1. The maximum atomic E-state index is 12.5. The quantitative estimate of drug-likeness (QED) is 0.514. The molecule has 4 nitrogen and oxygen atoms in total. The molecular weight excluding hydrogens is 426 g/mol. The Bertz CT molecular complexity index is 855. The lowest BCUT2D eigenvalue weighted by Crippen LogP contribution is -2.48. The average Bonchev–Trinajstić information content (AvgIpc) is 3.31. The van der Waals surface area contributed by atoms with E-state index >= 15 is 0 Å². The first kappa shape index (κ1) is 23.6. The zero-order chi connectivity index (χ0) is 22.1. The molecule has 1 aliphatic rings. The molecule has 1 fully saturated rings. The van der Waals surface area contributed by atoms with Gasteiger partial charge in [-0.2, -0.15) is 0 Å². The van der Waals surface area contributed by atoms with Crippen LogP contribution in [-0.4, -0.2) is 34.5 Å². The van der Waals surface area contributed by atoms with Crippen molar-refractivity contribution in [2.75, 3.05) is 6.54 Å². The van der Waals surface area contributed by atoms with E-state index in [9.17, 15) is 4.79 Å². The van der Waals surface area contributed by atoms with Gasteiger partial charge in [0.1, 0.15) is 0 Å². The molecule has 31 heavy (non-hydrogen) atoms. The van der Waals surface area contributed by atoms with Crippen molar-refractivity contribution in [2.24, 2.45) is 0 Å². The van der Waals surface area contributed by atoms with Crippen LogP contribution in [0.25, 0.3) is 0 Å². The van der Waals surface area contributed by atoms with Crippen LogP contribution < -0.4 is 10.6 Å². The van der Waals surface area contributed by atoms with Crippen molar-refractivity contribution in [3.63, 3.8) is 0 Å². The van der Waals surface area contributed by atoms with Crippen LogP contribution in [0.3, 0.4) is 0 Å². The fraction of sp³-hybridized carbons (Fsp3) is 0.440. The number of benzene rings is 2. The highest BCUT2D eigenvalue weighted by Crippen LogP contribution is 2.27. The Balaban J connectivity index is 1.49. The van der Waals surface area contributed by atoms with Gasteiger partial charge in [-0.15, -0.1) is 0 Å². The first-order valence-corrected chi connectivity index (χ1v) is 11.9. The van der Waals surface area contributed by atoms with E-state index in [1.54, 1.807) is 0 Å². The van der Waals surface area contributed by atoms with E-state index in [4.69, 9.17) is 23.8 Å². The number of aryl methyl sites for hydroxylation is 1. The Labute approximate surface area is 196 Å². The van der Waals surface area contributed by atoms with Gasteiger partial charge in [-0.05, 0) is 62.0 Å². The number of halogens is 1. The van der Waals surface area contributed by atoms with E-state index in [0.29, 0.717) is 17.7 Å². The number of nitrogens with one attached hydrogen (secondary N) is 2. The molecule has 1 atom stereocenters. The van der Waals surface area contributed by atoms with Crippen molar-refractivity contribution in [3.8, 4) is 0 Å². The lowest BCUT2D eigenvalue weighted by Gasteiger charge is -2.32. The van der Waals surface area contributed by atoms with Gasteiger partial charge in [-0.25, -0.2) is 0 Å². The number of hydrogen-bond acceptors (Lipinski definition) is 2. The zero-order valence-corrected chi connectivity index (χ0v) is 19.7. The molecule has 0 bridgehead atoms. The van der Waals surface area contributed by atoms with Crippen LogP contribution >= 0.6 is 23.8 Å². The van der Waals surface area contributed by atoms with Gasteiger partial charge in [0.2, 0.25) is 5.91 Å². The number of rotatable bonds is 9. The van der Waals surface area contributed by atoms with Crippen LogP contribution in [0.5, 0.6) is 0 Å². The highest BCUT2D eigenvalue weighted by molar-refractivity contribution is 7.80. The molecule has 1 aliphatic carbocycles. The number of amides is 1. The maximum Gasteiger partial charge on any atom is 0.239 e. The molecule has 0 aromatic heterocycles. The van der Waals surface area contributed by atoms with Crippen molar-refractivity contribution >= 4 is 34.8 Å². The Morgan fingerprint density at radius 1 is 1.13 bits per heavy atom. The second kappa shape index (κ2) is 12.1. The topological polar surface area (TPSA) is 44.4 Å². The van der Waals surface area contributed by atoms with Crippen LogP contribution in [0.15, 0.2) is 54.6 Å². The fourth-order valence-electron chi connectivity index (χ4n) is 4.08. The van der Waals surface area contributed by atoms with Gasteiger partial charge in [0.15, 0.2) is 5.11 Å². The van der Waals surface area contributed by atoms with Crippen molar-refractivity contribution < 1.29 is 4.79 Å². The Morgan fingerprint density at radius 3 is 2.52 bits per heavy atom. The molecule has 166 valence electrons. The van der Waals surface area contributed by atoms with Gasteiger partial charge in [0, 0.05) is 23.7 Å². The minimum atomic E-state index is -0.0352. The molecule has 0 spiro atoms. The van der Waals surface area contributed by atoms with E-state index in [0.717, 1.165) is 36.3 Å². The number of hydrogen-bond donors (Lipinski definition) is 2. The molecule has 0 unspecified atom stereocenters. The van der Waals surface area contributed by atoms with Crippen molar-refractivity contribution in [1.29, 1.82) is 0 Å². The van der Waals surface area contributed by atoms with Gasteiger partial charge in [-0.1, -0.05) is 73.0 Å². The van der Waals surface area contributed by atoms with Crippen LogP contribution in [0, 0.1) is 0 Å². The number of nitrogens with zero attached hydrogens (tertiary/aromatic N) is 1. The second-order valence-corrected chi connectivity index (χ2v) is 9.10. The summed E-state index contributed by atoms with van der Waals surface area (Å²) in [5.74, 6) is -0.0352. The van der Waals surface area contributed by atoms with Gasteiger partial charge < -0.3 is 15.5 Å². The summed E-state index contributed by atoms with van der Waals surface area (Å²) in [5, 5.41) is 7.63. The first-order chi connectivity index (χ1) is 15.0. The molecule has 0 radical (unpaired) electrons. The van der Waals surface area contributed by atoms with Crippen LogP contribution in [0.2, 0.25) is 5.02 Å². The molecule has 2 aromatic carbocycles. The minimum Gasteiger partial charge on any atom is -0.353 e. The molecule has 6 heteroatoms. The number of carbonyl (C=O) groups excluding carboxylic acids is 1. The summed E-state index contributed by atoms with van der Waals surface area (Å²) < 4.78 is 0. The molecule has 3 rings (SSSR count). The third-order valence-corrected chi connectivity index (χ3v) is 6.59. The van der Waals surface area contributed by atoms with Crippen molar-refractivity contribution in [1.82, 2.24) is 15.5 Å². The summed E-state index contributed by atoms with van der Waals surface area (Å²) in [4.78, 5) is 14.7. The summed E-state index contributed by atoms with van der Waals surface area (Å²) in [6.07, 6.45) is 6.52. The lowest BCUT2D eigenvalue weighted by molar-refractivity contribution is -0.120. The predicted molar refractivity (Wildman–Crippen MR) is 132 cm³/mol. The van der Waals surface area contributed by atoms with Crippen LogP contribution in [0.1, 0.15) is 50.2 Å². The smallest absolute Gasteiger partial charge is 0.239 e. The standard InChI is InChI=1S/C25H32ClN3OS/c1-19(15-16-20-9-3-2-4-10-20)28-24(30)17-27-25(31)29(22-12-6-7-13-22)18-21-11-5-8-14-23(21)26/h2-5,8-11,14,19,22H,6-7,12-13,15-18H2,1H3,(H,27,31)(H,28,30)/t19-/m1/s1. The minimum absolute atomic E-state index is 0.0352. The van der Waals surface area contributed by atoms with Crippen LogP contribution in [-0.2, 0) is 17.8 Å². The Kier molecular flexibility index (Phi) is 9.16. The van der Waals surface area contributed by atoms with Gasteiger partial charge in [-0.3, -0.25) is 4.79 Å². The highest BCUT2D eigenvalue weighted by atomic mass is 35.5. The van der Waals surface area contributed by atoms with E-state index in [2.05, 4.69) is 27.7 Å². The summed E-state index contributed by atoms with van der Waals surface area (Å²) >= 11 is 12.1. The number of thiocarbonyl (C=S) groups is 1. The summed E-state index contributed by atoms with van der Waals surface area (Å²) in [6, 6.07) is 18.7. The summed E-state index contributed by atoms with van der Waals surface area (Å²) in [7, 11) is 0. The van der Waals surface area contributed by atoms with E-state index in [1.165, 1.54) is 18.4 Å². The average molecular weight is 458 g/mol. The second-order valence-electron chi connectivity index (χ2n) is 8.31. The Hall–Kier alpha value is -2.11. The lowest BCUT2D eigenvalue weighted by atomic mass is 10.1. The maximum absolute atomic E-state index is 12.5. The van der Waals surface area contributed by atoms with Gasteiger partial charge in [0.05, 0.1) is 6.54 Å². The third kappa shape index (κ3) is 7.51. The molecule has 2 N–H and O–H groups in total. The van der Waals surface area contributed by atoms with Crippen molar-refractivity contribution in [3.05, 3.63) is 70.7 Å². The predicted octanol–water partition coefficient (Wildman–Crippen LogP) is 5.10. The molecule has 2 aromatic rings. The van der Waals surface area contributed by atoms with Gasteiger partial charge in [0.25, 0.3) is 0 Å². The normalized spacial score (nSPS) is 14.8. The molecular formula is C25H32ClN3OS.